The minimum atomic E-state index is -0.0396. The molecule has 1 unspecified atom stereocenters. The first-order valence-corrected chi connectivity index (χ1v) is 6.13. The van der Waals surface area contributed by atoms with E-state index in [-0.39, 0.29) is 24.4 Å². The zero-order chi connectivity index (χ0) is 10.8. The Balaban J connectivity index is 0.00000128. The quantitative estimate of drug-likeness (QED) is 0.881. The third-order valence-electron chi connectivity index (χ3n) is 2.67. The van der Waals surface area contributed by atoms with Crippen LogP contribution in [-0.2, 0) is 17.8 Å². The van der Waals surface area contributed by atoms with Gasteiger partial charge in [0, 0.05) is 23.9 Å². The van der Waals surface area contributed by atoms with Gasteiger partial charge < -0.3 is 10.6 Å². The molecule has 3 nitrogen and oxygen atoms in total. The minimum Gasteiger partial charge on any atom is -0.337 e. The molecule has 90 valence electrons. The van der Waals surface area contributed by atoms with Crippen molar-refractivity contribution in [3.63, 3.8) is 0 Å². The van der Waals surface area contributed by atoms with E-state index >= 15 is 0 Å². The average Bonchev–Trinajstić information content (AvgIpc) is 2.62. The molecule has 2 rings (SSSR count). The predicted molar refractivity (Wildman–Crippen MR) is 69.0 cm³/mol. The number of amides is 1. The van der Waals surface area contributed by atoms with Gasteiger partial charge in [-0.2, -0.15) is 0 Å². The highest BCUT2D eigenvalue weighted by molar-refractivity contribution is 7.10. The first-order chi connectivity index (χ1) is 7.16. The lowest BCUT2D eigenvalue weighted by Crippen LogP contribution is -2.37. The van der Waals surface area contributed by atoms with Gasteiger partial charge in [-0.3, -0.25) is 4.79 Å². The molecule has 2 heterocycles. The van der Waals surface area contributed by atoms with Crippen LogP contribution in [0.3, 0.4) is 0 Å². The number of rotatable bonds is 2. The molecular formula is C11H17ClN2OS. The molecule has 1 aromatic heterocycles. The van der Waals surface area contributed by atoms with Gasteiger partial charge >= 0.3 is 0 Å². The van der Waals surface area contributed by atoms with Crippen LogP contribution in [0.1, 0.15) is 23.8 Å². The molecule has 2 N–H and O–H groups in total. The van der Waals surface area contributed by atoms with Crippen molar-refractivity contribution in [2.24, 2.45) is 5.73 Å². The molecule has 0 bridgehead atoms. The van der Waals surface area contributed by atoms with Crippen LogP contribution < -0.4 is 5.73 Å². The first kappa shape index (κ1) is 13.5. The number of fused-ring (bicyclic) bond motifs is 1. The van der Waals surface area contributed by atoms with E-state index in [0.717, 1.165) is 19.5 Å². The van der Waals surface area contributed by atoms with Crippen LogP contribution in [0.2, 0.25) is 0 Å². The Bertz CT molecular complexity index is 365. The Kier molecular flexibility index (Phi) is 4.77. The third kappa shape index (κ3) is 2.97. The molecule has 0 saturated heterocycles. The first-order valence-electron chi connectivity index (χ1n) is 5.25. The van der Waals surface area contributed by atoms with Crippen molar-refractivity contribution in [3.8, 4) is 0 Å². The fraction of sp³-hybridized carbons (Fsp3) is 0.545. The summed E-state index contributed by atoms with van der Waals surface area (Å²) in [4.78, 5) is 15.0. The molecule has 1 aromatic rings. The highest BCUT2D eigenvalue weighted by Gasteiger charge is 2.21. The van der Waals surface area contributed by atoms with E-state index in [2.05, 4.69) is 11.4 Å². The van der Waals surface area contributed by atoms with Crippen molar-refractivity contribution < 1.29 is 4.79 Å². The number of carbonyl (C=O) groups is 1. The number of nitrogens with zero attached hydrogens (tertiary/aromatic N) is 1. The largest absolute Gasteiger partial charge is 0.337 e. The van der Waals surface area contributed by atoms with Gasteiger partial charge in [-0.1, -0.05) is 0 Å². The van der Waals surface area contributed by atoms with E-state index in [4.69, 9.17) is 5.73 Å². The van der Waals surface area contributed by atoms with Gasteiger partial charge in [-0.05, 0) is 30.4 Å². The zero-order valence-corrected chi connectivity index (χ0v) is 10.9. The normalized spacial score (nSPS) is 16.2. The second-order valence-corrected chi connectivity index (χ2v) is 5.12. The summed E-state index contributed by atoms with van der Waals surface area (Å²) in [6, 6.07) is 2.12. The third-order valence-corrected chi connectivity index (χ3v) is 3.62. The molecule has 0 saturated carbocycles. The molecule has 0 spiro atoms. The summed E-state index contributed by atoms with van der Waals surface area (Å²) in [7, 11) is 0. The van der Waals surface area contributed by atoms with Gasteiger partial charge in [0.05, 0.1) is 6.54 Å². The van der Waals surface area contributed by atoms with E-state index in [9.17, 15) is 4.79 Å². The summed E-state index contributed by atoms with van der Waals surface area (Å²) < 4.78 is 0. The second-order valence-electron chi connectivity index (χ2n) is 4.12. The molecule has 1 atom stereocenters. The maximum absolute atomic E-state index is 11.8. The summed E-state index contributed by atoms with van der Waals surface area (Å²) in [5, 5.41) is 2.10. The van der Waals surface area contributed by atoms with Crippen molar-refractivity contribution in [2.45, 2.75) is 32.4 Å². The summed E-state index contributed by atoms with van der Waals surface area (Å²) in [6.45, 7) is 3.49. The maximum atomic E-state index is 11.8. The minimum absolute atomic E-state index is 0. The van der Waals surface area contributed by atoms with Gasteiger partial charge in [-0.25, -0.2) is 0 Å². The lowest BCUT2D eigenvalue weighted by molar-refractivity contribution is -0.132. The Morgan fingerprint density at radius 2 is 2.44 bits per heavy atom. The van der Waals surface area contributed by atoms with Gasteiger partial charge in [0.2, 0.25) is 5.91 Å². The predicted octanol–water partition coefficient (Wildman–Crippen LogP) is 1.79. The standard InChI is InChI=1S/C11H16N2OS.ClH/c1-8(12)6-11(14)13-4-2-9-3-5-15-10(9)7-13;/h3,5,8H,2,4,6-7,12H2,1H3;1H. The van der Waals surface area contributed by atoms with E-state index < -0.39 is 0 Å². The van der Waals surface area contributed by atoms with E-state index in [1.807, 2.05) is 11.8 Å². The van der Waals surface area contributed by atoms with Crippen LogP contribution in [0.15, 0.2) is 11.4 Å². The summed E-state index contributed by atoms with van der Waals surface area (Å²) >= 11 is 1.74. The van der Waals surface area contributed by atoms with Crippen LogP contribution >= 0.6 is 23.7 Å². The SMILES string of the molecule is CC(N)CC(=O)N1CCc2ccsc2C1.Cl. The highest BCUT2D eigenvalue weighted by atomic mass is 35.5. The number of thiophene rings is 1. The number of halogens is 1. The van der Waals surface area contributed by atoms with Crippen LogP contribution in [0.5, 0.6) is 0 Å². The molecule has 1 aliphatic heterocycles. The smallest absolute Gasteiger partial charge is 0.224 e. The van der Waals surface area contributed by atoms with Crippen LogP contribution in [0, 0.1) is 0 Å². The van der Waals surface area contributed by atoms with E-state index in [0.29, 0.717) is 6.42 Å². The number of hydrogen-bond donors (Lipinski definition) is 1. The molecule has 0 fully saturated rings. The van der Waals surface area contributed by atoms with Gasteiger partial charge in [0.25, 0.3) is 0 Å². The van der Waals surface area contributed by atoms with Crippen LogP contribution in [0.25, 0.3) is 0 Å². The topological polar surface area (TPSA) is 46.3 Å². The number of nitrogens with two attached hydrogens (primary N) is 1. The van der Waals surface area contributed by atoms with Crippen molar-refractivity contribution in [2.75, 3.05) is 6.54 Å². The highest BCUT2D eigenvalue weighted by Crippen LogP contribution is 2.24. The fourth-order valence-electron chi connectivity index (χ4n) is 1.85. The Morgan fingerprint density at radius 1 is 1.69 bits per heavy atom. The molecule has 1 aliphatic rings. The Labute approximate surface area is 106 Å². The van der Waals surface area contributed by atoms with Crippen molar-refractivity contribution in [3.05, 3.63) is 21.9 Å². The molecular weight excluding hydrogens is 244 g/mol. The van der Waals surface area contributed by atoms with Crippen LogP contribution in [0.4, 0.5) is 0 Å². The van der Waals surface area contributed by atoms with Gasteiger partial charge in [0.15, 0.2) is 0 Å². The number of hydrogen-bond acceptors (Lipinski definition) is 3. The van der Waals surface area contributed by atoms with E-state index in [1.54, 1.807) is 11.3 Å². The van der Waals surface area contributed by atoms with Gasteiger partial charge in [0.1, 0.15) is 0 Å². The second kappa shape index (κ2) is 5.66. The maximum Gasteiger partial charge on any atom is 0.224 e. The Hall–Kier alpha value is -0.580. The van der Waals surface area contributed by atoms with Crippen LogP contribution in [-0.4, -0.2) is 23.4 Å². The Morgan fingerprint density at radius 3 is 3.12 bits per heavy atom. The lowest BCUT2D eigenvalue weighted by atomic mass is 10.1. The van der Waals surface area contributed by atoms with E-state index in [1.165, 1.54) is 10.4 Å². The summed E-state index contributed by atoms with van der Waals surface area (Å²) in [6.07, 6.45) is 1.45. The molecule has 16 heavy (non-hydrogen) atoms. The van der Waals surface area contributed by atoms with Crippen molar-refractivity contribution >= 4 is 29.7 Å². The summed E-state index contributed by atoms with van der Waals surface area (Å²) in [5.41, 5.74) is 7.04. The molecule has 0 radical (unpaired) electrons. The number of carbonyl (C=O) groups excluding carboxylic acids is 1. The van der Waals surface area contributed by atoms with Gasteiger partial charge in [-0.15, -0.1) is 23.7 Å². The lowest BCUT2D eigenvalue weighted by Gasteiger charge is -2.27. The monoisotopic (exact) mass is 260 g/mol. The fourth-order valence-corrected chi connectivity index (χ4v) is 2.80. The molecule has 1 amide bonds. The van der Waals surface area contributed by atoms with Crippen molar-refractivity contribution in [1.82, 2.24) is 4.90 Å². The van der Waals surface area contributed by atoms with Crippen molar-refractivity contribution in [1.29, 1.82) is 0 Å². The molecule has 0 aromatic carbocycles. The molecule has 0 aliphatic carbocycles. The zero-order valence-electron chi connectivity index (χ0n) is 9.31. The average molecular weight is 261 g/mol. The summed E-state index contributed by atoms with van der Waals surface area (Å²) in [5.74, 6) is 0.184. The molecule has 5 heteroatoms.